The highest BCUT2D eigenvalue weighted by molar-refractivity contribution is 7.80. The second kappa shape index (κ2) is 10.3. The van der Waals surface area contributed by atoms with Crippen molar-refractivity contribution in [2.24, 2.45) is 0 Å². The van der Waals surface area contributed by atoms with Gasteiger partial charge in [-0.1, -0.05) is 144 Å². The van der Waals surface area contributed by atoms with Crippen molar-refractivity contribution in [3.8, 4) is 11.1 Å². The Hall–Kier alpha value is -3.99. The molecule has 0 aromatic heterocycles. The van der Waals surface area contributed by atoms with Crippen LogP contribution in [0.4, 0.5) is 0 Å². The van der Waals surface area contributed by atoms with Crippen LogP contribution in [0, 0.1) is 27.7 Å². The third kappa shape index (κ3) is 4.71. The second-order valence-corrected chi connectivity index (χ2v) is 12.8. The average Bonchev–Trinajstić information content (AvgIpc) is 2.91. The van der Waals surface area contributed by atoms with Crippen LogP contribution in [0.2, 0.25) is 0 Å². The van der Waals surface area contributed by atoms with E-state index in [9.17, 15) is 0 Å². The Morgan fingerprint density at radius 1 is 0.513 bits per heavy atom. The van der Waals surface area contributed by atoms with E-state index in [1.165, 1.54) is 76.4 Å². The third-order valence-electron chi connectivity index (χ3n) is 7.51. The molecule has 0 spiro atoms. The van der Waals surface area contributed by atoms with Gasteiger partial charge in [-0.2, -0.15) is 0 Å². The smallest absolute Gasteiger partial charge is 0.000947 e. The highest BCUT2D eigenvalue weighted by Crippen LogP contribution is 2.44. The van der Waals surface area contributed by atoms with Gasteiger partial charge >= 0.3 is 0 Å². The summed E-state index contributed by atoms with van der Waals surface area (Å²) >= 11 is 0. The predicted octanol–water partition coefficient (Wildman–Crippen LogP) is 9.29. The van der Waals surface area contributed by atoms with Gasteiger partial charge in [-0.05, 0) is 89.8 Å². The summed E-state index contributed by atoms with van der Waals surface area (Å²) in [5, 5.41) is 9.24. The minimum atomic E-state index is -0.835. The molecule has 0 aliphatic carbocycles. The lowest BCUT2D eigenvalue weighted by Crippen LogP contribution is -2.23. The minimum absolute atomic E-state index is 0.835. The van der Waals surface area contributed by atoms with Crippen LogP contribution in [-0.4, -0.2) is 0 Å². The van der Waals surface area contributed by atoms with Crippen LogP contribution in [0.25, 0.3) is 38.7 Å². The van der Waals surface area contributed by atoms with E-state index in [0.717, 1.165) is 0 Å². The van der Waals surface area contributed by atoms with Crippen LogP contribution in [0.15, 0.2) is 116 Å². The fourth-order valence-electron chi connectivity index (χ4n) is 6.03. The highest BCUT2D eigenvalue weighted by atomic mass is 31.1. The van der Waals surface area contributed by atoms with Crippen LogP contribution in [0.3, 0.4) is 0 Å². The van der Waals surface area contributed by atoms with Crippen LogP contribution in [-0.2, 0) is 0 Å². The molecule has 0 saturated heterocycles. The predicted molar refractivity (Wildman–Crippen MR) is 175 cm³/mol. The average molecular weight is 521 g/mol. The summed E-state index contributed by atoms with van der Waals surface area (Å²) in [7, 11) is -0.835. The first-order chi connectivity index (χ1) is 18.9. The lowest BCUT2D eigenvalue weighted by molar-refractivity contribution is 1.40. The van der Waals surface area contributed by atoms with Crippen molar-refractivity contribution in [2.45, 2.75) is 27.7 Å². The Bertz CT molecular complexity index is 1780. The molecule has 1 heteroatoms. The molecule has 0 N–H and O–H groups in total. The standard InChI is InChI=1S/C38H33P/c1-6-29-15-16-30-11-7-9-13-34(30)37(29)38-35-14-10-8-12-31(35)17-18-36(38)39(32-21-25(2)19-26(3)22-32)33-23-27(4)20-28(5)24-33/h6-24H,1H2,2-5H3. The zero-order valence-corrected chi connectivity index (χ0v) is 24.0. The van der Waals surface area contributed by atoms with Crippen molar-refractivity contribution in [1.29, 1.82) is 0 Å². The van der Waals surface area contributed by atoms with Crippen molar-refractivity contribution in [3.05, 3.63) is 144 Å². The first-order valence-corrected chi connectivity index (χ1v) is 14.9. The number of aryl methyl sites for hydroxylation is 4. The Labute approximate surface area is 233 Å². The van der Waals surface area contributed by atoms with Crippen LogP contribution in [0.5, 0.6) is 0 Å². The van der Waals surface area contributed by atoms with E-state index in [1.54, 1.807) is 0 Å². The molecule has 39 heavy (non-hydrogen) atoms. The number of hydrogen-bond donors (Lipinski definition) is 0. The van der Waals surface area contributed by atoms with Gasteiger partial charge in [-0.3, -0.25) is 0 Å². The van der Waals surface area contributed by atoms with Crippen LogP contribution < -0.4 is 15.9 Å². The molecule has 0 heterocycles. The third-order valence-corrected chi connectivity index (χ3v) is 9.91. The van der Waals surface area contributed by atoms with E-state index in [0.29, 0.717) is 0 Å². The fourth-order valence-corrected chi connectivity index (χ4v) is 8.90. The molecule has 190 valence electrons. The fraction of sp³-hybridized carbons (Fsp3) is 0.105. The molecule has 6 aromatic carbocycles. The van der Waals surface area contributed by atoms with Crippen molar-refractivity contribution >= 4 is 51.5 Å². The Kier molecular flexibility index (Phi) is 6.68. The molecular weight excluding hydrogens is 487 g/mol. The zero-order chi connectivity index (χ0) is 27.1. The number of hydrogen-bond acceptors (Lipinski definition) is 0. The summed E-state index contributed by atoms with van der Waals surface area (Å²) in [5.41, 5.74) is 8.99. The van der Waals surface area contributed by atoms with E-state index in [-0.39, 0.29) is 0 Å². The van der Waals surface area contributed by atoms with E-state index >= 15 is 0 Å². The topological polar surface area (TPSA) is 0 Å². The number of rotatable bonds is 5. The van der Waals surface area contributed by atoms with Gasteiger partial charge in [0.05, 0.1) is 0 Å². The van der Waals surface area contributed by atoms with E-state index in [2.05, 4.69) is 143 Å². The van der Waals surface area contributed by atoms with Gasteiger partial charge in [-0.25, -0.2) is 0 Å². The molecule has 6 aromatic rings. The van der Waals surface area contributed by atoms with E-state index in [4.69, 9.17) is 0 Å². The molecule has 0 aliphatic rings. The summed E-state index contributed by atoms with van der Waals surface area (Å²) in [6, 6.07) is 40.9. The summed E-state index contributed by atoms with van der Waals surface area (Å²) in [5.74, 6) is 0. The van der Waals surface area contributed by atoms with Gasteiger partial charge in [0.25, 0.3) is 0 Å². The Balaban J connectivity index is 1.80. The summed E-state index contributed by atoms with van der Waals surface area (Å²) in [4.78, 5) is 0. The molecule has 0 nitrogen and oxygen atoms in total. The van der Waals surface area contributed by atoms with Gasteiger partial charge in [0, 0.05) is 0 Å². The number of fused-ring (bicyclic) bond motifs is 2. The van der Waals surface area contributed by atoms with Crippen LogP contribution in [0.1, 0.15) is 27.8 Å². The SMILES string of the molecule is C=Cc1ccc2ccccc2c1-c1c(P(c2cc(C)cc(C)c2)c2cc(C)cc(C)c2)ccc2ccccc12. The monoisotopic (exact) mass is 520 g/mol. The van der Waals surface area contributed by atoms with Gasteiger partial charge in [0.2, 0.25) is 0 Å². The van der Waals surface area contributed by atoms with Crippen molar-refractivity contribution in [1.82, 2.24) is 0 Å². The van der Waals surface area contributed by atoms with Gasteiger partial charge in [0.1, 0.15) is 0 Å². The molecule has 0 aliphatic heterocycles. The lowest BCUT2D eigenvalue weighted by Gasteiger charge is -2.26. The first kappa shape index (κ1) is 25.3. The lowest BCUT2D eigenvalue weighted by atomic mass is 9.90. The van der Waals surface area contributed by atoms with E-state index < -0.39 is 7.92 Å². The molecule has 0 bridgehead atoms. The van der Waals surface area contributed by atoms with Crippen molar-refractivity contribution < 1.29 is 0 Å². The molecule has 0 fully saturated rings. The summed E-state index contributed by atoms with van der Waals surface area (Å²) in [6.45, 7) is 13.1. The maximum Gasteiger partial charge on any atom is -0.000947 e. The van der Waals surface area contributed by atoms with Gasteiger partial charge in [-0.15, -0.1) is 0 Å². The zero-order valence-electron chi connectivity index (χ0n) is 23.1. The maximum absolute atomic E-state index is 4.25. The molecule has 0 amide bonds. The van der Waals surface area contributed by atoms with Gasteiger partial charge in [0.15, 0.2) is 0 Å². The second-order valence-electron chi connectivity index (χ2n) is 10.7. The molecule has 6 rings (SSSR count). The molecule has 0 atom stereocenters. The Morgan fingerprint density at radius 2 is 0.974 bits per heavy atom. The highest BCUT2D eigenvalue weighted by Gasteiger charge is 2.25. The molecule has 0 unspecified atom stereocenters. The first-order valence-electron chi connectivity index (χ1n) is 13.6. The maximum atomic E-state index is 4.25. The summed E-state index contributed by atoms with van der Waals surface area (Å²) < 4.78 is 0. The normalized spacial score (nSPS) is 11.4. The van der Waals surface area contributed by atoms with E-state index in [1.807, 2.05) is 6.08 Å². The van der Waals surface area contributed by atoms with Crippen LogP contribution >= 0.6 is 7.92 Å². The minimum Gasteiger partial charge on any atom is -0.0984 e. The Morgan fingerprint density at radius 3 is 1.49 bits per heavy atom. The number of benzene rings is 6. The molecule has 0 saturated carbocycles. The molecular formula is C38H33P. The quantitative estimate of drug-likeness (QED) is 0.199. The summed E-state index contributed by atoms with van der Waals surface area (Å²) in [6.07, 6.45) is 2.02. The van der Waals surface area contributed by atoms with Gasteiger partial charge < -0.3 is 0 Å². The van der Waals surface area contributed by atoms with Crippen molar-refractivity contribution in [3.63, 3.8) is 0 Å². The van der Waals surface area contributed by atoms with Crippen molar-refractivity contribution in [2.75, 3.05) is 0 Å². The molecule has 0 radical (unpaired) electrons. The largest absolute Gasteiger partial charge is 0.0984 e.